The van der Waals surface area contributed by atoms with Gasteiger partial charge in [-0.1, -0.05) is 41.0 Å². The third kappa shape index (κ3) is 5.61. The third-order valence-electron chi connectivity index (χ3n) is 2.55. The summed E-state index contributed by atoms with van der Waals surface area (Å²) < 4.78 is 0. The minimum Gasteiger partial charge on any atom is -0.330 e. The zero-order chi connectivity index (χ0) is 11.4. The Morgan fingerprint density at radius 3 is 2.07 bits per heavy atom. The fourth-order valence-electron chi connectivity index (χ4n) is 1.82. The highest BCUT2D eigenvalue weighted by atomic mass is 14.9. The van der Waals surface area contributed by atoms with Gasteiger partial charge in [0.1, 0.15) is 0 Å². The quantitative estimate of drug-likeness (QED) is 0.738. The fourth-order valence-corrected chi connectivity index (χ4v) is 1.82. The molecule has 1 saturated heterocycles. The van der Waals surface area contributed by atoms with E-state index in [1.54, 1.807) is 0 Å². The highest BCUT2D eigenvalue weighted by molar-refractivity contribution is 4.87. The second-order valence-corrected chi connectivity index (χ2v) is 3.38. The Morgan fingerprint density at radius 2 is 1.79 bits per heavy atom. The van der Waals surface area contributed by atoms with Gasteiger partial charge in [-0.15, -0.1) is 0 Å². The molecule has 0 aromatic rings. The molecule has 1 aliphatic rings. The van der Waals surface area contributed by atoms with Crippen molar-refractivity contribution < 1.29 is 0 Å². The molecule has 1 unspecified atom stereocenters. The normalized spacial score (nSPS) is 24.4. The van der Waals surface area contributed by atoms with Crippen LogP contribution >= 0.6 is 0 Å². The van der Waals surface area contributed by atoms with Gasteiger partial charge >= 0.3 is 0 Å². The predicted octanol–water partition coefficient (Wildman–Crippen LogP) is 2.78. The molecular weight excluding hydrogens is 172 g/mol. The summed E-state index contributed by atoms with van der Waals surface area (Å²) in [5, 5.41) is 3.37. The molecular formula is C12H30N2. The number of nitrogens with one attached hydrogen (secondary N) is 1. The summed E-state index contributed by atoms with van der Waals surface area (Å²) in [6, 6.07) is 0. The molecule has 0 bridgehead atoms. The molecule has 0 aromatic heterocycles. The van der Waals surface area contributed by atoms with Crippen LogP contribution in [0.1, 0.15) is 53.9 Å². The van der Waals surface area contributed by atoms with Gasteiger partial charge in [-0.05, 0) is 31.3 Å². The monoisotopic (exact) mass is 202 g/mol. The Kier molecular flexibility index (Phi) is 12.8. The van der Waals surface area contributed by atoms with Gasteiger partial charge in [0.05, 0.1) is 0 Å². The number of hydrogen-bond donors (Lipinski definition) is 2. The molecule has 0 radical (unpaired) electrons. The fraction of sp³-hybridized carbons (Fsp3) is 1.00. The molecule has 1 fully saturated rings. The van der Waals surface area contributed by atoms with Gasteiger partial charge in [-0.2, -0.15) is 0 Å². The van der Waals surface area contributed by atoms with Crippen LogP contribution in [0.15, 0.2) is 0 Å². The molecule has 2 nitrogen and oxygen atoms in total. The second-order valence-electron chi connectivity index (χ2n) is 3.38. The van der Waals surface area contributed by atoms with Crippen molar-refractivity contribution in [2.75, 3.05) is 19.6 Å². The molecule has 0 amide bonds. The Hall–Kier alpha value is -0.0800. The largest absolute Gasteiger partial charge is 0.330 e. The third-order valence-corrected chi connectivity index (χ3v) is 2.55. The maximum Gasteiger partial charge on any atom is 0.00204 e. The lowest BCUT2D eigenvalue weighted by atomic mass is 9.83. The van der Waals surface area contributed by atoms with E-state index in [2.05, 4.69) is 12.2 Å². The first-order valence-electron chi connectivity index (χ1n) is 6.24. The van der Waals surface area contributed by atoms with Gasteiger partial charge in [0, 0.05) is 6.54 Å². The SMILES string of the molecule is CC.CC.CCCC1(CN)CCNC1. The Labute approximate surface area is 90.6 Å². The standard InChI is InChI=1S/C8H18N2.2C2H6/c1-2-3-8(6-9)4-5-10-7-8;2*1-2/h10H,2-7,9H2,1H3;2*1-2H3. The number of nitrogens with two attached hydrogens (primary N) is 1. The number of rotatable bonds is 3. The zero-order valence-corrected chi connectivity index (χ0v) is 10.8. The Bertz CT molecular complexity index is 96.5. The summed E-state index contributed by atoms with van der Waals surface area (Å²) in [5.41, 5.74) is 6.17. The molecule has 0 saturated carbocycles. The van der Waals surface area contributed by atoms with Crippen LogP contribution in [-0.2, 0) is 0 Å². The Balaban J connectivity index is 0. The minimum absolute atomic E-state index is 0.453. The summed E-state index contributed by atoms with van der Waals surface area (Å²) >= 11 is 0. The smallest absolute Gasteiger partial charge is 0.00204 e. The lowest BCUT2D eigenvalue weighted by Gasteiger charge is -2.25. The Morgan fingerprint density at radius 1 is 1.21 bits per heavy atom. The van der Waals surface area contributed by atoms with Crippen LogP contribution in [0.25, 0.3) is 0 Å². The van der Waals surface area contributed by atoms with Gasteiger partial charge in [-0.3, -0.25) is 0 Å². The highest BCUT2D eigenvalue weighted by Gasteiger charge is 2.30. The van der Waals surface area contributed by atoms with E-state index in [1.165, 1.54) is 19.3 Å². The van der Waals surface area contributed by atoms with Gasteiger partial charge < -0.3 is 11.1 Å². The summed E-state index contributed by atoms with van der Waals surface area (Å²) in [5.74, 6) is 0. The van der Waals surface area contributed by atoms with Crippen LogP contribution in [0.4, 0.5) is 0 Å². The molecule has 3 N–H and O–H groups in total. The van der Waals surface area contributed by atoms with Gasteiger partial charge in [-0.25, -0.2) is 0 Å². The maximum atomic E-state index is 5.71. The lowest BCUT2D eigenvalue weighted by Crippen LogP contribution is -2.32. The minimum atomic E-state index is 0.453. The second kappa shape index (κ2) is 11.0. The van der Waals surface area contributed by atoms with Gasteiger partial charge in [0.15, 0.2) is 0 Å². The van der Waals surface area contributed by atoms with Crippen molar-refractivity contribution >= 4 is 0 Å². The first-order chi connectivity index (χ1) is 6.83. The van der Waals surface area contributed by atoms with Crippen LogP contribution in [0, 0.1) is 5.41 Å². The van der Waals surface area contributed by atoms with Gasteiger partial charge in [0.25, 0.3) is 0 Å². The van der Waals surface area contributed by atoms with Crippen LogP contribution in [0.3, 0.4) is 0 Å². The van der Waals surface area contributed by atoms with E-state index in [1.807, 2.05) is 27.7 Å². The molecule has 1 rings (SSSR count). The van der Waals surface area contributed by atoms with Crippen molar-refractivity contribution in [2.45, 2.75) is 53.9 Å². The summed E-state index contributed by atoms with van der Waals surface area (Å²) in [6.07, 6.45) is 3.83. The molecule has 1 aliphatic heterocycles. The summed E-state index contributed by atoms with van der Waals surface area (Å²) in [6.45, 7) is 13.4. The van der Waals surface area contributed by atoms with Crippen molar-refractivity contribution in [3.8, 4) is 0 Å². The van der Waals surface area contributed by atoms with Crippen LogP contribution in [0.5, 0.6) is 0 Å². The van der Waals surface area contributed by atoms with E-state index in [0.29, 0.717) is 5.41 Å². The van der Waals surface area contributed by atoms with Crippen LogP contribution in [0.2, 0.25) is 0 Å². The maximum absolute atomic E-state index is 5.71. The van der Waals surface area contributed by atoms with E-state index < -0.39 is 0 Å². The molecule has 1 heterocycles. The van der Waals surface area contributed by atoms with Crippen molar-refractivity contribution in [2.24, 2.45) is 11.1 Å². The average Bonchev–Trinajstić information content (AvgIpc) is 2.74. The molecule has 0 aromatic carbocycles. The lowest BCUT2D eigenvalue weighted by molar-refractivity contribution is 0.304. The summed E-state index contributed by atoms with van der Waals surface area (Å²) in [4.78, 5) is 0. The number of hydrogen-bond acceptors (Lipinski definition) is 2. The summed E-state index contributed by atoms with van der Waals surface area (Å²) in [7, 11) is 0. The molecule has 2 heteroatoms. The predicted molar refractivity (Wildman–Crippen MR) is 66.6 cm³/mol. The van der Waals surface area contributed by atoms with E-state index >= 15 is 0 Å². The van der Waals surface area contributed by atoms with Crippen molar-refractivity contribution in [1.82, 2.24) is 5.32 Å². The van der Waals surface area contributed by atoms with Crippen molar-refractivity contribution in [1.29, 1.82) is 0 Å². The topological polar surface area (TPSA) is 38.0 Å². The van der Waals surface area contributed by atoms with Crippen LogP contribution in [-0.4, -0.2) is 19.6 Å². The first kappa shape index (κ1) is 16.4. The van der Waals surface area contributed by atoms with Crippen LogP contribution < -0.4 is 11.1 Å². The van der Waals surface area contributed by atoms with Crippen molar-refractivity contribution in [3.05, 3.63) is 0 Å². The van der Waals surface area contributed by atoms with E-state index in [4.69, 9.17) is 5.73 Å². The average molecular weight is 202 g/mol. The molecule has 1 atom stereocenters. The first-order valence-corrected chi connectivity index (χ1v) is 6.24. The van der Waals surface area contributed by atoms with Crippen molar-refractivity contribution in [3.63, 3.8) is 0 Å². The van der Waals surface area contributed by atoms with E-state index in [9.17, 15) is 0 Å². The molecule has 0 spiro atoms. The van der Waals surface area contributed by atoms with E-state index in [-0.39, 0.29) is 0 Å². The zero-order valence-electron chi connectivity index (χ0n) is 10.8. The highest BCUT2D eigenvalue weighted by Crippen LogP contribution is 2.29. The molecule has 88 valence electrons. The van der Waals surface area contributed by atoms with E-state index in [0.717, 1.165) is 19.6 Å². The molecule has 14 heavy (non-hydrogen) atoms. The van der Waals surface area contributed by atoms with Gasteiger partial charge in [0.2, 0.25) is 0 Å². The molecule has 0 aliphatic carbocycles.